The molecule has 2 heterocycles. The van der Waals surface area contributed by atoms with E-state index in [1.54, 1.807) is 0 Å². The van der Waals surface area contributed by atoms with Crippen LogP contribution in [0.15, 0.2) is 12.1 Å². The van der Waals surface area contributed by atoms with Gasteiger partial charge in [-0.15, -0.1) is 0 Å². The number of nitrogens with one attached hydrogen (secondary N) is 2. The normalized spacial score (nSPS) is 15.0. The molecule has 1 atom stereocenters. The lowest BCUT2D eigenvalue weighted by atomic mass is 10.1. The van der Waals surface area contributed by atoms with Crippen LogP contribution < -0.4 is 8.85 Å². The molecule has 122 valence electrons. The van der Waals surface area contributed by atoms with Crippen molar-refractivity contribution >= 4 is 35.0 Å². The molecule has 0 saturated carbocycles. The maximum atomic E-state index is 10.6. The summed E-state index contributed by atoms with van der Waals surface area (Å²) in [4.78, 5) is 15.3. The van der Waals surface area contributed by atoms with Crippen molar-refractivity contribution in [1.82, 2.24) is 8.51 Å². The zero-order chi connectivity index (χ0) is 15.6. The van der Waals surface area contributed by atoms with Crippen molar-refractivity contribution in [2.45, 2.75) is 44.6 Å². The molecule has 1 aromatic heterocycles. The number of rotatable bonds is 10. The Balaban J connectivity index is 1.58. The van der Waals surface area contributed by atoms with E-state index in [1.807, 2.05) is 22.9 Å². The summed E-state index contributed by atoms with van der Waals surface area (Å²) in [5, 5.41) is 3.37. The Morgan fingerprint density at radius 2 is 2.32 bits per heavy atom. The highest BCUT2D eigenvalue weighted by molar-refractivity contribution is 14.1. The average molecular weight is 417 g/mol. The maximum Gasteiger partial charge on any atom is 0.137 e. The van der Waals surface area contributed by atoms with Gasteiger partial charge in [0.1, 0.15) is 12.1 Å². The molecule has 0 saturated heterocycles. The number of ether oxygens (including phenoxy) is 1. The molecule has 2 N–H and O–H groups in total. The Bertz CT molecular complexity index is 471. The van der Waals surface area contributed by atoms with Crippen LogP contribution in [0.5, 0.6) is 0 Å². The number of aromatic nitrogens is 1. The van der Waals surface area contributed by atoms with Crippen molar-refractivity contribution in [2.75, 3.05) is 25.1 Å². The van der Waals surface area contributed by atoms with E-state index in [1.165, 1.54) is 12.0 Å². The van der Waals surface area contributed by atoms with Crippen LogP contribution in [-0.4, -0.2) is 37.1 Å². The van der Waals surface area contributed by atoms with Gasteiger partial charge in [0.05, 0.1) is 6.04 Å². The molecule has 1 aliphatic rings. The molecular weight excluding hydrogens is 393 g/mol. The van der Waals surface area contributed by atoms with Crippen molar-refractivity contribution in [3.05, 3.63) is 23.4 Å². The van der Waals surface area contributed by atoms with Crippen LogP contribution in [0.2, 0.25) is 0 Å². The Morgan fingerprint density at radius 3 is 3.14 bits per heavy atom. The lowest BCUT2D eigenvalue weighted by Crippen LogP contribution is -2.23. The third kappa shape index (κ3) is 5.81. The first kappa shape index (κ1) is 17.6. The summed E-state index contributed by atoms with van der Waals surface area (Å²) in [7, 11) is 0. The van der Waals surface area contributed by atoms with E-state index in [0.29, 0.717) is 6.61 Å². The SMILES string of the molecule is O=CC(CCOCCCCc1ccc2c(n1)NCCC2)NI. The maximum absolute atomic E-state index is 10.6. The molecule has 22 heavy (non-hydrogen) atoms. The number of unbranched alkanes of at least 4 members (excludes halogenated alkanes) is 1. The van der Waals surface area contributed by atoms with Crippen molar-refractivity contribution in [3.63, 3.8) is 0 Å². The molecule has 1 unspecified atom stereocenters. The molecule has 0 bridgehead atoms. The zero-order valence-electron chi connectivity index (χ0n) is 12.8. The van der Waals surface area contributed by atoms with Crippen LogP contribution in [0.3, 0.4) is 0 Å². The van der Waals surface area contributed by atoms with Gasteiger partial charge < -0.3 is 14.8 Å². The Morgan fingerprint density at radius 1 is 1.41 bits per heavy atom. The zero-order valence-corrected chi connectivity index (χ0v) is 15.0. The van der Waals surface area contributed by atoms with Gasteiger partial charge in [0.15, 0.2) is 0 Å². The van der Waals surface area contributed by atoms with Gasteiger partial charge in [-0.05, 0) is 50.2 Å². The molecule has 1 aliphatic heterocycles. The fourth-order valence-corrected chi connectivity index (χ4v) is 2.94. The molecule has 6 heteroatoms. The smallest absolute Gasteiger partial charge is 0.137 e. The number of carbonyl (C=O) groups is 1. The van der Waals surface area contributed by atoms with Gasteiger partial charge in [0.2, 0.25) is 0 Å². The number of fused-ring (bicyclic) bond motifs is 1. The van der Waals surface area contributed by atoms with Gasteiger partial charge in [-0.1, -0.05) is 6.07 Å². The minimum Gasteiger partial charge on any atom is -0.381 e. The van der Waals surface area contributed by atoms with E-state index in [0.717, 1.165) is 63.1 Å². The predicted octanol–water partition coefficient (Wildman–Crippen LogP) is 2.68. The third-order valence-corrected chi connectivity index (χ3v) is 4.60. The molecule has 0 spiro atoms. The first-order valence-electron chi connectivity index (χ1n) is 7.95. The van der Waals surface area contributed by atoms with Crippen molar-refractivity contribution in [1.29, 1.82) is 0 Å². The van der Waals surface area contributed by atoms with Gasteiger partial charge in [-0.25, -0.2) is 4.98 Å². The van der Waals surface area contributed by atoms with Crippen LogP contribution >= 0.6 is 22.9 Å². The molecule has 0 aromatic carbocycles. The topological polar surface area (TPSA) is 63.2 Å². The third-order valence-electron chi connectivity index (χ3n) is 3.80. The first-order valence-corrected chi connectivity index (χ1v) is 9.03. The van der Waals surface area contributed by atoms with E-state index >= 15 is 0 Å². The molecule has 2 rings (SSSR count). The minimum absolute atomic E-state index is 0.104. The molecular formula is C16H24IN3O2. The molecule has 0 fully saturated rings. The lowest BCUT2D eigenvalue weighted by molar-refractivity contribution is -0.109. The monoisotopic (exact) mass is 417 g/mol. The quantitative estimate of drug-likeness (QED) is 0.265. The summed E-state index contributed by atoms with van der Waals surface area (Å²) >= 11 is 2.00. The summed E-state index contributed by atoms with van der Waals surface area (Å²) in [5.74, 6) is 1.08. The minimum atomic E-state index is -0.104. The number of anilines is 1. The van der Waals surface area contributed by atoms with Gasteiger partial charge in [0, 0.05) is 48.3 Å². The van der Waals surface area contributed by atoms with Crippen LogP contribution in [0.4, 0.5) is 5.82 Å². The van der Waals surface area contributed by atoms with Crippen LogP contribution in [0.25, 0.3) is 0 Å². The predicted molar refractivity (Wildman–Crippen MR) is 96.4 cm³/mol. The standard InChI is InChI=1S/C16H24IN3O2/c17-20-15(12-21)8-11-22-10-2-1-5-14-7-6-13-4-3-9-18-16(13)19-14/h6-7,12,15,20H,1-5,8-11H2,(H,18,19). The number of hydrogen-bond donors (Lipinski definition) is 2. The fraction of sp³-hybridized carbons (Fsp3) is 0.625. The number of nitrogens with zero attached hydrogens (tertiary/aromatic N) is 1. The highest BCUT2D eigenvalue weighted by atomic mass is 127. The number of halogens is 1. The average Bonchev–Trinajstić information content (AvgIpc) is 2.57. The van der Waals surface area contributed by atoms with Gasteiger partial charge >= 0.3 is 0 Å². The summed E-state index contributed by atoms with van der Waals surface area (Å²) in [6.07, 6.45) is 7.07. The second-order valence-electron chi connectivity index (χ2n) is 5.55. The number of pyridine rings is 1. The van der Waals surface area contributed by atoms with Crippen LogP contribution in [0, 0.1) is 0 Å². The van der Waals surface area contributed by atoms with Crippen molar-refractivity contribution in [2.24, 2.45) is 0 Å². The highest BCUT2D eigenvalue weighted by Gasteiger charge is 2.10. The summed E-state index contributed by atoms with van der Waals surface area (Å²) in [6, 6.07) is 4.25. The number of aldehydes is 1. The van der Waals surface area contributed by atoms with Crippen molar-refractivity contribution in [3.8, 4) is 0 Å². The molecule has 0 aliphatic carbocycles. The summed E-state index contributed by atoms with van der Waals surface area (Å²) < 4.78 is 8.47. The lowest BCUT2D eigenvalue weighted by Gasteiger charge is -2.17. The van der Waals surface area contributed by atoms with Gasteiger partial charge in [0.25, 0.3) is 0 Å². The highest BCUT2D eigenvalue weighted by Crippen LogP contribution is 2.20. The number of aryl methyl sites for hydroxylation is 2. The van der Waals surface area contributed by atoms with E-state index in [9.17, 15) is 4.79 Å². The second kappa shape index (κ2) is 10.1. The molecule has 1 aromatic rings. The second-order valence-corrected chi connectivity index (χ2v) is 6.17. The summed E-state index contributed by atoms with van der Waals surface area (Å²) in [5.41, 5.74) is 2.50. The summed E-state index contributed by atoms with van der Waals surface area (Å²) in [6.45, 7) is 2.40. The van der Waals surface area contributed by atoms with Crippen LogP contribution in [-0.2, 0) is 22.4 Å². The number of hydrogen-bond acceptors (Lipinski definition) is 5. The molecule has 5 nitrogen and oxygen atoms in total. The largest absolute Gasteiger partial charge is 0.381 e. The Labute approximate surface area is 146 Å². The van der Waals surface area contributed by atoms with E-state index in [-0.39, 0.29) is 6.04 Å². The Kier molecular flexibility index (Phi) is 8.11. The van der Waals surface area contributed by atoms with E-state index in [4.69, 9.17) is 9.72 Å². The van der Waals surface area contributed by atoms with Crippen LogP contribution in [0.1, 0.15) is 36.9 Å². The van der Waals surface area contributed by atoms with E-state index < -0.39 is 0 Å². The Hall–Kier alpha value is -0.730. The molecule has 0 amide bonds. The van der Waals surface area contributed by atoms with Crippen molar-refractivity contribution < 1.29 is 9.53 Å². The van der Waals surface area contributed by atoms with E-state index in [2.05, 4.69) is 21.0 Å². The van der Waals surface area contributed by atoms with Gasteiger partial charge in [-0.3, -0.25) is 3.53 Å². The van der Waals surface area contributed by atoms with Gasteiger partial charge in [-0.2, -0.15) is 0 Å². The first-order chi connectivity index (χ1) is 10.8. The molecule has 0 radical (unpaired) electrons. The number of carbonyl (C=O) groups excluding carboxylic acids is 1. The fourth-order valence-electron chi connectivity index (χ4n) is 2.48.